The van der Waals surface area contributed by atoms with Crippen molar-refractivity contribution in [1.29, 1.82) is 0 Å². The van der Waals surface area contributed by atoms with Crippen molar-refractivity contribution in [1.82, 2.24) is 0 Å². The standard InChI is InChI=1S/C14H16N2O2/c1-4-8-16-9-13(17)15-14-11(16)6-5-7-12(14)18-10(2)3/h1,5-7,10H,8-9H2,2-3H3,(H,15,17). The number of nitrogens with one attached hydrogen (secondary N) is 1. The molecule has 0 aliphatic carbocycles. The maximum atomic E-state index is 11.7. The molecule has 0 unspecified atom stereocenters. The van der Waals surface area contributed by atoms with E-state index in [0.717, 1.165) is 5.69 Å². The summed E-state index contributed by atoms with van der Waals surface area (Å²) >= 11 is 0. The Labute approximate surface area is 107 Å². The third-order valence-corrected chi connectivity index (χ3v) is 2.59. The highest BCUT2D eigenvalue weighted by Gasteiger charge is 2.24. The van der Waals surface area contributed by atoms with E-state index in [-0.39, 0.29) is 18.6 Å². The normalized spacial score (nSPS) is 13.9. The summed E-state index contributed by atoms with van der Waals surface area (Å²) in [7, 11) is 0. The smallest absolute Gasteiger partial charge is 0.244 e. The van der Waals surface area contributed by atoms with Crippen LogP contribution in [0.5, 0.6) is 5.75 Å². The second-order valence-corrected chi connectivity index (χ2v) is 4.43. The molecule has 0 atom stereocenters. The first-order valence-electron chi connectivity index (χ1n) is 5.89. The van der Waals surface area contributed by atoms with Crippen molar-refractivity contribution in [3.63, 3.8) is 0 Å². The molecule has 4 nitrogen and oxygen atoms in total. The lowest BCUT2D eigenvalue weighted by Gasteiger charge is -2.30. The van der Waals surface area contributed by atoms with Crippen LogP contribution in [0, 0.1) is 12.3 Å². The second-order valence-electron chi connectivity index (χ2n) is 4.43. The van der Waals surface area contributed by atoms with Crippen molar-refractivity contribution in [2.45, 2.75) is 20.0 Å². The van der Waals surface area contributed by atoms with Gasteiger partial charge in [0.1, 0.15) is 11.4 Å². The van der Waals surface area contributed by atoms with E-state index >= 15 is 0 Å². The summed E-state index contributed by atoms with van der Waals surface area (Å²) in [5.74, 6) is 3.17. The highest BCUT2D eigenvalue weighted by atomic mass is 16.5. The molecule has 1 aromatic rings. The average Bonchev–Trinajstić information content (AvgIpc) is 2.30. The van der Waals surface area contributed by atoms with E-state index in [1.165, 1.54) is 0 Å². The number of carbonyl (C=O) groups excluding carboxylic acids is 1. The van der Waals surface area contributed by atoms with E-state index in [1.807, 2.05) is 36.9 Å². The SMILES string of the molecule is C#CCN1CC(=O)Nc2c(OC(C)C)cccc21. The minimum absolute atomic E-state index is 0.0522. The van der Waals surface area contributed by atoms with Crippen LogP contribution in [0.3, 0.4) is 0 Å². The molecule has 0 fully saturated rings. The Morgan fingerprint density at radius 1 is 1.56 bits per heavy atom. The Balaban J connectivity index is 2.41. The largest absolute Gasteiger partial charge is 0.489 e. The molecule has 0 spiro atoms. The number of anilines is 2. The minimum atomic E-state index is -0.0717. The third kappa shape index (κ3) is 2.40. The van der Waals surface area contributed by atoms with Gasteiger partial charge < -0.3 is 15.0 Å². The Bertz CT molecular complexity index is 503. The number of hydrogen-bond donors (Lipinski definition) is 1. The van der Waals surface area contributed by atoms with Crippen LogP contribution in [0.2, 0.25) is 0 Å². The topological polar surface area (TPSA) is 41.6 Å². The van der Waals surface area contributed by atoms with Gasteiger partial charge in [0.05, 0.1) is 24.9 Å². The molecule has 0 aromatic heterocycles. The number of nitrogens with zero attached hydrogens (tertiary/aromatic N) is 1. The molecule has 4 heteroatoms. The molecule has 0 saturated carbocycles. The molecule has 0 saturated heterocycles. The van der Waals surface area contributed by atoms with Gasteiger partial charge in [0, 0.05) is 0 Å². The van der Waals surface area contributed by atoms with Gasteiger partial charge in [-0.25, -0.2) is 0 Å². The summed E-state index contributed by atoms with van der Waals surface area (Å²) in [5.41, 5.74) is 1.61. The quantitative estimate of drug-likeness (QED) is 0.825. The summed E-state index contributed by atoms with van der Waals surface area (Å²) in [4.78, 5) is 13.5. The maximum Gasteiger partial charge on any atom is 0.244 e. The van der Waals surface area contributed by atoms with Gasteiger partial charge in [0.25, 0.3) is 0 Å². The van der Waals surface area contributed by atoms with Crippen molar-refractivity contribution >= 4 is 17.3 Å². The number of hydrogen-bond acceptors (Lipinski definition) is 3. The Kier molecular flexibility index (Phi) is 3.42. The average molecular weight is 244 g/mol. The molecule has 1 N–H and O–H groups in total. The highest BCUT2D eigenvalue weighted by molar-refractivity contribution is 6.03. The van der Waals surface area contributed by atoms with Gasteiger partial charge >= 0.3 is 0 Å². The predicted octanol–water partition coefficient (Wildman–Crippen LogP) is 1.87. The van der Waals surface area contributed by atoms with E-state index in [9.17, 15) is 4.79 Å². The zero-order chi connectivity index (χ0) is 13.1. The molecule has 0 bridgehead atoms. The molecule has 2 rings (SSSR count). The molecular weight excluding hydrogens is 228 g/mol. The van der Waals surface area contributed by atoms with Gasteiger partial charge in [-0.1, -0.05) is 12.0 Å². The monoisotopic (exact) mass is 244 g/mol. The summed E-state index contributed by atoms with van der Waals surface area (Å²) in [5, 5.41) is 2.85. The zero-order valence-electron chi connectivity index (χ0n) is 10.6. The molecule has 18 heavy (non-hydrogen) atoms. The van der Waals surface area contributed by atoms with E-state index in [0.29, 0.717) is 18.0 Å². The molecule has 1 heterocycles. The first-order valence-corrected chi connectivity index (χ1v) is 5.89. The van der Waals surface area contributed by atoms with Crippen molar-refractivity contribution in [3.05, 3.63) is 18.2 Å². The number of carbonyl (C=O) groups is 1. The van der Waals surface area contributed by atoms with Crippen LogP contribution in [0.4, 0.5) is 11.4 Å². The number of terminal acetylenes is 1. The molecular formula is C14H16N2O2. The van der Waals surface area contributed by atoms with E-state index in [2.05, 4.69) is 11.2 Å². The number of fused-ring (bicyclic) bond motifs is 1. The molecule has 1 amide bonds. The Morgan fingerprint density at radius 3 is 3.00 bits per heavy atom. The van der Waals surface area contributed by atoms with Crippen LogP contribution in [0.1, 0.15) is 13.8 Å². The summed E-state index contributed by atoms with van der Waals surface area (Å²) < 4.78 is 5.69. The van der Waals surface area contributed by atoms with E-state index < -0.39 is 0 Å². The molecule has 1 aliphatic rings. The van der Waals surface area contributed by atoms with Crippen LogP contribution < -0.4 is 15.0 Å². The van der Waals surface area contributed by atoms with Crippen molar-refractivity contribution in [3.8, 4) is 18.1 Å². The fourth-order valence-electron chi connectivity index (χ4n) is 1.95. The minimum Gasteiger partial charge on any atom is -0.489 e. The first-order chi connectivity index (χ1) is 8.61. The van der Waals surface area contributed by atoms with E-state index in [4.69, 9.17) is 11.2 Å². The Hall–Kier alpha value is -2.15. The zero-order valence-corrected chi connectivity index (χ0v) is 10.6. The fourth-order valence-corrected chi connectivity index (χ4v) is 1.95. The van der Waals surface area contributed by atoms with Crippen molar-refractivity contribution < 1.29 is 9.53 Å². The molecule has 0 radical (unpaired) electrons. The van der Waals surface area contributed by atoms with Gasteiger partial charge in [-0.15, -0.1) is 6.42 Å². The van der Waals surface area contributed by atoms with Crippen LogP contribution in [-0.4, -0.2) is 25.1 Å². The van der Waals surface area contributed by atoms with Crippen LogP contribution in [0.15, 0.2) is 18.2 Å². The van der Waals surface area contributed by atoms with Crippen molar-refractivity contribution in [2.24, 2.45) is 0 Å². The third-order valence-electron chi connectivity index (χ3n) is 2.59. The van der Waals surface area contributed by atoms with Gasteiger partial charge in [-0.05, 0) is 26.0 Å². The number of amides is 1. The van der Waals surface area contributed by atoms with Gasteiger partial charge in [-0.3, -0.25) is 4.79 Å². The fraction of sp³-hybridized carbons (Fsp3) is 0.357. The van der Waals surface area contributed by atoms with E-state index in [1.54, 1.807) is 0 Å². The van der Waals surface area contributed by atoms with Crippen LogP contribution >= 0.6 is 0 Å². The molecule has 1 aliphatic heterocycles. The molecule has 94 valence electrons. The van der Waals surface area contributed by atoms with Crippen LogP contribution in [-0.2, 0) is 4.79 Å². The maximum absolute atomic E-state index is 11.7. The van der Waals surface area contributed by atoms with Gasteiger partial charge in [0.15, 0.2) is 0 Å². The number of ether oxygens (including phenoxy) is 1. The van der Waals surface area contributed by atoms with Gasteiger partial charge in [-0.2, -0.15) is 0 Å². The number of para-hydroxylation sites is 1. The second kappa shape index (κ2) is 5.01. The Morgan fingerprint density at radius 2 is 2.33 bits per heavy atom. The lowest BCUT2D eigenvalue weighted by atomic mass is 10.1. The number of benzene rings is 1. The molecule has 1 aromatic carbocycles. The lowest BCUT2D eigenvalue weighted by molar-refractivity contribution is -0.115. The van der Waals surface area contributed by atoms with Gasteiger partial charge in [0.2, 0.25) is 5.91 Å². The van der Waals surface area contributed by atoms with Crippen LogP contribution in [0.25, 0.3) is 0 Å². The van der Waals surface area contributed by atoms with Crippen molar-refractivity contribution in [2.75, 3.05) is 23.3 Å². The predicted molar refractivity (Wildman–Crippen MR) is 71.9 cm³/mol. The summed E-state index contributed by atoms with van der Waals surface area (Å²) in [6.45, 7) is 4.58. The first kappa shape index (κ1) is 12.3. The highest BCUT2D eigenvalue weighted by Crippen LogP contribution is 2.37. The number of rotatable bonds is 3. The summed E-state index contributed by atoms with van der Waals surface area (Å²) in [6.07, 6.45) is 5.38. The summed E-state index contributed by atoms with van der Waals surface area (Å²) in [6, 6.07) is 5.68. The lowest BCUT2D eigenvalue weighted by Crippen LogP contribution is -2.38.